The van der Waals surface area contributed by atoms with E-state index in [1.54, 1.807) is 0 Å². The Bertz CT molecular complexity index is 172. The van der Waals surface area contributed by atoms with Crippen LogP contribution in [0, 0.1) is 0 Å². The zero-order chi connectivity index (χ0) is 9.73. The summed E-state index contributed by atoms with van der Waals surface area (Å²) in [5.74, 6) is -0.609. The van der Waals surface area contributed by atoms with Gasteiger partial charge in [0.25, 0.3) is 0 Å². The van der Waals surface area contributed by atoms with E-state index in [-0.39, 0.29) is 0 Å². The number of aliphatic carboxylic acids is 1. The Morgan fingerprint density at radius 1 is 1.15 bits per heavy atom. The summed E-state index contributed by atoms with van der Waals surface area (Å²) < 4.78 is -0.472. The Balaban J connectivity index is 2.63. The van der Waals surface area contributed by atoms with Crippen molar-refractivity contribution in [2.45, 2.75) is 49.7 Å². The predicted octanol–water partition coefficient (Wildman–Crippen LogP) is 2.92. The summed E-state index contributed by atoms with van der Waals surface area (Å²) in [7, 11) is 0. The lowest BCUT2D eigenvalue weighted by Crippen LogP contribution is -2.35. The molecule has 0 radical (unpaired) electrons. The molecule has 3 heteroatoms. The Hall–Kier alpha value is -0.180. The van der Waals surface area contributed by atoms with Gasteiger partial charge in [-0.1, -0.05) is 32.1 Å². The number of hydrogen-bond acceptors (Lipinski definition) is 2. The number of hydrogen-bond donors (Lipinski definition) is 1. The van der Waals surface area contributed by atoms with Gasteiger partial charge in [0.2, 0.25) is 0 Å². The molecule has 0 spiro atoms. The van der Waals surface area contributed by atoms with Crippen molar-refractivity contribution in [1.82, 2.24) is 0 Å². The van der Waals surface area contributed by atoms with Crippen molar-refractivity contribution in [2.24, 2.45) is 0 Å². The molecule has 0 amide bonds. The summed E-state index contributed by atoms with van der Waals surface area (Å²) in [6, 6.07) is 0. The lowest BCUT2D eigenvalue weighted by Gasteiger charge is -2.29. The average Bonchev–Trinajstić information content (AvgIpc) is 2.04. The molecule has 0 unspecified atom stereocenters. The first-order chi connectivity index (χ1) is 6.21. The lowest BCUT2D eigenvalue weighted by atomic mass is 9.90. The van der Waals surface area contributed by atoms with E-state index in [1.807, 2.05) is 6.26 Å². The Morgan fingerprint density at radius 3 is 2.00 bits per heavy atom. The fraction of sp³-hybridized carbons (Fsp3) is 0.900. The SMILES string of the molecule is CSC1(C(=O)O)CCCCCCC1. The molecule has 1 rings (SSSR count). The van der Waals surface area contributed by atoms with Crippen LogP contribution in [0.4, 0.5) is 0 Å². The van der Waals surface area contributed by atoms with E-state index in [0.717, 1.165) is 25.7 Å². The van der Waals surface area contributed by atoms with E-state index >= 15 is 0 Å². The van der Waals surface area contributed by atoms with Crippen LogP contribution in [0.15, 0.2) is 0 Å². The summed E-state index contributed by atoms with van der Waals surface area (Å²) in [5.41, 5.74) is 0. The van der Waals surface area contributed by atoms with Gasteiger partial charge in [-0.3, -0.25) is 4.79 Å². The van der Waals surface area contributed by atoms with E-state index in [0.29, 0.717) is 0 Å². The second kappa shape index (κ2) is 4.89. The van der Waals surface area contributed by atoms with Gasteiger partial charge in [0.05, 0.1) is 0 Å². The van der Waals surface area contributed by atoms with E-state index in [2.05, 4.69) is 0 Å². The van der Waals surface area contributed by atoms with E-state index in [1.165, 1.54) is 31.0 Å². The molecule has 0 heterocycles. The molecule has 0 aromatic carbocycles. The molecule has 13 heavy (non-hydrogen) atoms. The first-order valence-electron chi connectivity index (χ1n) is 5.00. The van der Waals surface area contributed by atoms with Crippen LogP contribution in [0.25, 0.3) is 0 Å². The van der Waals surface area contributed by atoms with E-state index in [4.69, 9.17) is 0 Å². The van der Waals surface area contributed by atoms with Gasteiger partial charge in [0.15, 0.2) is 0 Å². The molecule has 0 bridgehead atoms. The van der Waals surface area contributed by atoms with Crippen LogP contribution in [0.2, 0.25) is 0 Å². The fourth-order valence-corrected chi connectivity index (χ4v) is 2.85. The van der Waals surface area contributed by atoms with Gasteiger partial charge in [-0.25, -0.2) is 0 Å². The van der Waals surface area contributed by atoms with Gasteiger partial charge in [-0.05, 0) is 19.1 Å². The number of thioether (sulfide) groups is 1. The third kappa shape index (κ3) is 2.63. The molecule has 2 nitrogen and oxygen atoms in total. The molecule has 1 fully saturated rings. The quantitative estimate of drug-likeness (QED) is 0.748. The molecular formula is C10H18O2S. The van der Waals surface area contributed by atoms with Crippen molar-refractivity contribution in [3.63, 3.8) is 0 Å². The minimum absolute atomic E-state index is 0.472. The minimum atomic E-state index is -0.609. The van der Waals surface area contributed by atoms with Gasteiger partial charge >= 0.3 is 5.97 Å². The Kier molecular flexibility index (Phi) is 4.10. The van der Waals surface area contributed by atoms with E-state index < -0.39 is 10.7 Å². The highest BCUT2D eigenvalue weighted by Gasteiger charge is 2.36. The van der Waals surface area contributed by atoms with Crippen molar-refractivity contribution in [3.8, 4) is 0 Å². The maximum absolute atomic E-state index is 11.2. The molecule has 0 aliphatic heterocycles. The predicted molar refractivity (Wildman–Crippen MR) is 56.2 cm³/mol. The molecule has 0 aromatic rings. The number of carboxylic acids is 1. The van der Waals surface area contributed by atoms with Crippen LogP contribution in [-0.4, -0.2) is 22.1 Å². The molecule has 0 saturated heterocycles. The monoisotopic (exact) mass is 202 g/mol. The normalized spacial score (nSPS) is 23.2. The van der Waals surface area contributed by atoms with Gasteiger partial charge in [0, 0.05) is 0 Å². The van der Waals surface area contributed by atoms with Crippen LogP contribution in [0.5, 0.6) is 0 Å². The number of carboxylic acid groups (broad SMARTS) is 1. The molecule has 1 N–H and O–H groups in total. The third-order valence-electron chi connectivity index (χ3n) is 2.94. The van der Waals surface area contributed by atoms with Crippen LogP contribution < -0.4 is 0 Å². The first kappa shape index (κ1) is 10.9. The largest absolute Gasteiger partial charge is 0.480 e. The molecule has 0 atom stereocenters. The maximum Gasteiger partial charge on any atom is 0.319 e. The van der Waals surface area contributed by atoms with Crippen molar-refractivity contribution < 1.29 is 9.90 Å². The van der Waals surface area contributed by atoms with Gasteiger partial charge < -0.3 is 5.11 Å². The number of rotatable bonds is 2. The standard InChI is InChI=1S/C10H18O2S/c1-13-10(9(11)12)7-5-3-2-4-6-8-10/h2-8H2,1H3,(H,11,12). The summed E-state index contributed by atoms with van der Waals surface area (Å²) in [5, 5.41) is 9.18. The lowest BCUT2D eigenvalue weighted by molar-refractivity contribution is -0.140. The summed E-state index contributed by atoms with van der Waals surface area (Å²) >= 11 is 1.52. The second-order valence-corrected chi connectivity index (χ2v) is 4.96. The van der Waals surface area contributed by atoms with Gasteiger partial charge in [-0.15, -0.1) is 11.8 Å². The molecule has 1 saturated carbocycles. The third-order valence-corrected chi connectivity index (χ3v) is 4.31. The highest BCUT2D eigenvalue weighted by Crippen LogP contribution is 2.36. The van der Waals surface area contributed by atoms with Crippen LogP contribution in [0.1, 0.15) is 44.9 Å². The second-order valence-electron chi connectivity index (χ2n) is 3.77. The Morgan fingerprint density at radius 2 is 1.62 bits per heavy atom. The highest BCUT2D eigenvalue weighted by molar-refractivity contribution is 8.00. The molecule has 1 aliphatic rings. The molecule has 76 valence electrons. The maximum atomic E-state index is 11.2. The van der Waals surface area contributed by atoms with Crippen LogP contribution in [-0.2, 0) is 4.79 Å². The summed E-state index contributed by atoms with van der Waals surface area (Å²) in [6.07, 6.45) is 9.47. The Labute approximate surface area is 84.1 Å². The van der Waals surface area contributed by atoms with Crippen LogP contribution in [0.3, 0.4) is 0 Å². The highest BCUT2D eigenvalue weighted by atomic mass is 32.2. The average molecular weight is 202 g/mol. The minimum Gasteiger partial charge on any atom is -0.480 e. The summed E-state index contributed by atoms with van der Waals surface area (Å²) in [4.78, 5) is 11.2. The first-order valence-corrected chi connectivity index (χ1v) is 6.22. The van der Waals surface area contributed by atoms with Crippen molar-refractivity contribution in [1.29, 1.82) is 0 Å². The zero-order valence-electron chi connectivity index (χ0n) is 8.21. The van der Waals surface area contributed by atoms with Gasteiger partial charge in [0.1, 0.15) is 4.75 Å². The summed E-state index contributed by atoms with van der Waals surface area (Å²) in [6.45, 7) is 0. The fourth-order valence-electron chi connectivity index (χ4n) is 1.98. The van der Waals surface area contributed by atoms with Crippen molar-refractivity contribution in [2.75, 3.05) is 6.26 Å². The number of carbonyl (C=O) groups is 1. The van der Waals surface area contributed by atoms with E-state index in [9.17, 15) is 9.90 Å². The van der Waals surface area contributed by atoms with Crippen molar-refractivity contribution in [3.05, 3.63) is 0 Å². The molecule has 0 aromatic heterocycles. The smallest absolute Gasteiger partial charge is 0.319 e. The van der Waals surface area contributed by atoms with Crippen molar-refractivity contribution >= 4 is 17.7 Å². The molecular weight excluding hydrogens is 184 g/mol. The topological polar surface area (TPSA) is 37.3 Å². The van der Waals surface area contributed by atoms with Gasteiger partial charge in [-0.2, -0.15) is 0 Å². The van der Waals surface area contributed by atoms with Crippen LogP contribution >= 0.6 is 11.8 Å². The molecule has 1 aliphatic carbocycles. The zero-order valence-corrected chi connectivity index (χ0v) is 9.03.